The highest BCUT2D eigenvalue weighted by Crippen LogP contribution is 2.37. The minimum atomic E-state index is -5.25. The number of Topliss-reactive ketones (excluding diaryl/α,β-unsaturated/α-hetero) is 2. The molecule has 12 N–H and O–H groups in total. The molecule has 0 saturated carbocycles. The number of nitrogens with two attached hydrogens (primary N) is 2. The van der Waals surface area contributed by atoms with Gasteiger partial charge in [0, 0.05) is 11.1 Å². The number of hydrogen-bond donors (Lipinski definition) is 10. The highest BCUT2D eigenvalue weighted by molar-refractivity contribution is 7.87. The molecular formula is C34H26N6O20S6. The normalized spacial score (nSPS) is 15.9. The molecule has 66 heavy (non-hydrogen) atoms. The fraction of sp³-hybridized carbons (Fsp3) is 0. The number of nitrogens with zero attached hydrogens (tertiary/aromatic N) is 2. The van der Waals surface area contributed by atoms with Crippen LogP contribution < -0.4 is 22.3 Å². The second kappa shape index (κ2) is 16.7. The number of fused-ring (bicyclic) bond motifs is 2. The molecule has 348 valence electrons. The van der Waals surface area contributed by atoms with Crippen LogP contribution in [0.2, 0.25) is 0 Å². The number of nitrogens with one attached hydrogen (secondary N) is 2. The quantitative estimate of drug-likeness (QED) is 0.0419. The second-order valence-corrected chi connectivity index (χ2v) is 21.7. The van der Waals surface area contributed by atoms with E-state index in [9.17, 15) is 87.4 Å². The zero-order valence-electron chi connectivity index (χ0n) is 32.0. The summed E-state index contributed by atoms with van der Waals surface area (Å²) >= 11 is 0. The maximum Gasteiger partial charge on any atom is 0.296 e. The van der Waals surface area contributed by atoms with Crippen molar-refractivity contribution in [1.29, 1.82) is 0 Å². The molecule has 32 heteroatoms. The first kappa shape index (κ1) is 48.9. The van der Waals surface area contributed by atoms with Gasteiger partial charge in [0.25, 0.3) is 60.7 Å². The molecule has 0 aliphatic heterocycles. The van der Waals surface area contributed by atoms with Gasteiger partial charge in [-0.2, -0.15) is 60.7 Å². The van der Waals surface area contributed by atoms with Gasteiger partial charge < -0.3 is 11.5 Å². The van der Waals surface area contributed by atoms with E-state index in [0.29, 0.717) is 12.1 Å². The number of nitrogen functional groups attached to an aromatic ring is 2. The summed E-state index contributed by atoms with van der Waals surface area (Å²) in [5.41, 5.74) is 9.37. The Morgan fingerprint density at radius 2 is 0.727 bits per heavy atom. The van der Waals surface area contributed by atoms with Crippen molar-refractivity contribution in [2.45, 2.75) is 29.4 Å². The molecule has 0 bridgehead atoms. The van der Waals surface area contributed by atoms with Crippen LogP contribution in [0.1, 0.15) is 43.0 Å². The number of hydrazone groups is 2. The van der Waals surface area contributed by atoms with E-state index in [2.05, 4.69) is 21.1 Å². The van der Waals surface area contributed by atoms with Crippen molar-refractivity contribution in [2.75, 3.05) is 22.3 Å². The topological polar surface area (TPSA) is 461 Å². The minimum absolute atomic E-state index is 0.247. The summed E-state index contributed by atoms with van der Waals surface area (Å²) in [5.74, 6) is -2.45. The molecule has 0 fully saturated rings. The Morgan fingerprint density at radius 3 is 1.02 bits per heavy atom. The van der Waals surface area contributed by atoms with Crippen molar-refractivity contribution >= 4 is 131 Å². The van der Waals surface area contributed by atoms with Gasteiger partial charge in [0.05, 0.1) is 33.9 Å². The summed E-state index contributed by atoms with van der Waals surface area (Å²) in [6, 6.07) is 6.65. The van der Waals surface area contributed by atoms with Crippen molar-refractivity contribution in [1.82, 2.24) is 0 Å². The Labute approximate surface area is 372 Å². The molecule has 4 aromatic carbocycles. The van der Waals surface area contributed by atoms with Crippen molar-refractivity contribution in [3.05, 3.63) is 94.1 Å². The largest absolute Gasteiger partial charge is 0.397 e. The second-order valence-electron chi connectivity index (χ2n) is 13.4. The van der Waals surface area contributed by atoms with Crippen LogP contribution in [0.3, 0.4) is 0 Å². The Morgan fingerprint density at radius 1 is 0.424 bits per heavy atom. The van der Waals surface area contributed by atoms with Gasteiger partial charge in [-0.1, -0.05) is 36.4 Å². The van der Waals surface area contributed by atoms with Crippen molar-refractivity contribution < 1.29 is 87.4 Å². The van der Waals surface area contributed by atoms with E-state index in [-0.39, 0.29) is 22.5 Å². The van der Waals surface area contributed by atoms with Crippen LogP contribution in [0.4, 0.5) is 22.7 Å². The molecule has 6 rings (SSSR count). The van der Waals surface area contributed by atoms with E-state index < -0.39 is 147 Å². The van der Waals surface area contributed by atoms with Crippen molar-refractivity contribution in [2.24, 2.45) is 10.2 Å². The third-order valence-electron chi connectivity index (χ3n) is 9.15. The molecule has 0 radical (unpaired) electrons. The first-order valence-electron chi connectivity index (χ1n) is 17.1. The molecule has 4 aromatic rings. The third kappa shape index (κ3) is 9.83. The molecule has 0 spiro atoms. The zero-order valence-corrected chi connectivity index (χ0v) is 36.9. The minimum Gasteiger partial charge on any atom is -0.397 e. The molecule has 0 heterocycles. The lowest BCUT2D eigenvalue weighted by molar-refractivity contribution is 0.105. The van der Waals surface area contributed by atoms with Gasteiger partial charge >= 0.3 is 0 Å². The summed E-state index contributed by atoms with van der Waals surface area (Å²) in [7, 11) is -31.1. The Bertz CT molecular complexity index is 3500. The molecule has 26 nitrogen and oxygen atoms in total. The Balaban J connectivity index is 1.30. The number of rotatable bonds is 12. The van der Waals surface area contributed by atoms with Crippen LogP contribution in [0, 0.1) is 0 Å². The van der Waals surface area contributed by atoms with Gasteiger partial charge in [0.1, 0.15) is 40.8 Å². The van der Waals surface area contributed by atoms with Gasteiger partial charge in [-0.3, -0.25) is 47.8 Å². The maximum atomic E-state index is 13.3. The smallest absolute Gasteiger partial charge is 0.296 e. The van der Waals surface area contributed by atoms with E-state index in [1.807, 2.05) is 0 Å². The summed E-state index contributed by atoms with van der Waals surface area (Å²) < 4.78 is 204. The predicted molar refractivity (Wildman–Crippen MR) is 231 cm³/mol. The summed E-state index contributed by atoms with van der Waals surface area (Å²) in [6.45, 7) is 0. The molecule has 0 aromatic heterocycles. The Hall–Kier alpha value is -6.56. The third-order valence-corrected chi connectivity index (χ3v) is 14.5. The van der Waals surface area contributed by atoms with E-state index in [0.717, 1.165) is 72.9 Å². The van der Waals surface area contributed by atoms with Crippen LogP contribution in [-0.2, 0) is 60.7 Å². The first-order chi connectivity index (χ1) is 30.2. The van der Waals surface area contributed by atoms with Gasteiger partial charge in [0.15, 0.2) is 0 Å². The number of hydrogen-bond acceptors (Lipinski definition) is 20. The highest BCUT2D eigenvalue weighted by atomic mass is 32.2. The summed E-state index contributed by atoms with van der Waals surface area (Å²) in [4.78, 5) is 20.3. The number of ketones is 2. The zero-order chi connectivity index (χ0) is 49.3. The number of allylic oxidation sites excluding steroid dienone is 2. The van der Waals surface area contributed by atoms with E-state index in [1.165, 1.54) is 0 Å². The molecule has 2 aliphatic rings. The van der Waals surface area contributed by atoms with Gasteiger partial charge in [0.2, 0.25) is 11.6 Å². The predicted octanol–water partition coefficient (Wildman–Crippen LogP) is 1.86. The average molecular weight is 1030 g/mol. The lowest BCUT2D eigenvalue weighted by atomic mass is 9.93. The fourth-order valence-electron chi connectivity index (χ4n) is 6.27. The Kier molecular flexibility index (Phi) is 12.4. The maximum absolute atomic E-state index is 13.3. The monoisotopic (exact) mass is 1030 g/mol. The number of carbonyl (C=O) groups is 2. The van der Waals surface area contributed by atoms with Crippen LogP contribution in [-0.4, -0.2) is 101 Å². The lowest BCUT2D eigenvalue weighted by Crippen LogP contribution is -2.23. The molecule has 0 saturated heterocycles. The number of anilines is 4. The molecular weight excluding hydrogens is 1000 g/mol. The van der Waals surface area contributed by atoms with Crippen molar-refractivity contribution in [3.63, 3.8) is 0 Å². The average Bonchev–Trinajstić information content (AvgIpc) is 3.17. The van der Waals surface area contributed by atoms with Crippen LogP contribution in [0.15, 0.2) is 100 Å². The molecule has 0 amide bonds. The lowest BCUT2D eigenvalue weighted by Gasteiger charge is -2.18. The summed E-state index contributed by atoms with van der Waals surface area (Å²) in [6.07, 6.45) is 5.63. The fourth-order valence-corrected chi connectivity index (χ4v) is 10.6. The molecule has 0 unspecified atom stereocenters. The van der Waals surface area contributed by atoms with E-state index >= 15 is 0 Å². The summed E-state index contributed by atoms with van der Waals surface area (Å²) in [5, 5.41) is 7.59. The first-order valence-corrected chi connectivity index (χ1v) is 25.7. The van der Waals surface area contributed by atoms with E-state index in [4.69, 9.17) is 11.5 Å². The van der Waals surface area contributed by atoms with E-state index in [1.54, 1.807) is 0 Å². The number of benzene rings is 4. The standard InChI is InChI=1S/C34H26N6O20S6/c35-31-27(65(55,56)57)13-25(63(49,50)51)19-7-9-21(33(41)29(19)31)39-37-17-5-3-15(23(11-17)61(43,44)45)1-2-16-4-6-18(12-24(16)62(46,47)48)38-40-22-10-8-20-26(64(52,53)54)14-28(66(58,59)60)32(36)30(20)34(22)42/h1-14,37-38H,35-36H2,(H,43,44,45)(H,46,47,48)(H,49,50,51)(H,52,53,54)(H,55,56,57)(H,58,59,60)/b2-1+,39-21?,40-22?. The highest BCUT2D eigenvalue weighted by Gasteiger charge is 2.35. The van der Waals surface area contributed by atoms with Crippen LogP contribution in [0.25, 0.3) is 24.3 Å². The van der Waals surface area contributed by atoms with Crippen LogP contribution >= 0.6 is 0 Å². The molecule has 2 aliphatic carbocycles. The molecule has 0 atom stereocenters. The van der Waals surface area contributed by atoms with Gasteiger partial charge in [-0.25, -0.2) is 0 Å². The van der Waals surface area contributed by atoms with Crippen molar-refractivity contribution in [3.8, 4) is 0 Å². The van der Waals surface area contributed by atoms with Crippen LogP contribution in [0.5, 0.6) is 0 Å². The van der Waals surface area contributed by atoms with Gasteiger partial charge in [-0.05, 0) is 59.7 Å². The van der Waals surface area contributed by atoms with Gasteiger partial charge in [-0.15, -0.1) is 0 Å². The number of carbonyl (C=O) groups excluding carboxylic acids is 2. The SMILES string of the molecule is Nc1c(S(=O)(=O)O)cc(S(=O)(=O)O)c2c1C(=O)C(=NNc1ccc(/C=C/c3ccc(NN=C4C=Cc5c(S(=O)(=O)O)cc(S(=O)(=O)O)c(N)c5C4=O)cc3S(=O)(=O)O)c(S(=O)(=O)O)c1)C=C2.